The third kappa shape index (κ3) is 5.37. The number of rotatable bonds is 8. The highest BCUT2D eigenvalue weighted by atomic mass is 32.2. The number of thioether (sulfide) groups is 1. The van der Waals surface area contributed by atoms with Crippen molar-refractivity contribution in [2.75, 3.05) is 32.1 Å². The molecule has 3 N–H and O–H groups in total. The first kappa shape index (κ1) is 24.1. The molecule has 180 valence electrons. The summed E-state index contributed by atoms with van der Waals surface area (Å²) in [6.07, 6.45) is -1.05. The second-order valence-electron chi connectivity index (χ2n) is 8.41. The number of carbonyl (C=O) groups is 3. The topological polar surface area (TPSA) is 116 Å². The maximum absolute atomic E-state index is 13.1. The van der Waals surface area contributed by atoms with Gasteiger partial charge in [-0.15, -0.1) is 0 Å². The molecule has 0 spiro atoms. The number of carboxylic acid groups (broad SMARTS) is 1. The lowest BCUT2D eigenvalue weighted by atomic mass is 9.98. The Morgan fingerprint density at radius 1 is 1.09 bits per heavy atom. The number of carboxylic acids is 1. The van der Waals surface area contributed by atoms with Gasteiger partial charge in [0.05, 0.1) is 6.61 Å². The fourth-order valence-electron chi connectivity index (χ4n) is 4.56. The number of ether oxygens (including phenoxy) is 1. The first-order valence-electron chi connectivity index (χ1n) is 11.3. The van der Waals surface area contributed by atoms with E-state index in [0.717, 1.165) is 22.3 Å². The van der Waals surface area contributed by atoms with Gasteiger partial charge in [-0.25, -0.2) is 4.79 Å². The summed E-state index contributed by atoms with van der Waals surface area (Å²) in [5.74, 6) is -0.841. The number of hydrogen-bond acceptors (Lipinski definition) is 6. The molecular formula is C25H28N2O6S. The molecule has 2 unspecified atom stereocenters. The number of nitrogens with zero attached hydrogens (tertiary/aromatic N) is 1. The first-order valence-corrected chi connectivity index (χ1v) is 12.4. The predicted octanol–water partition coefficient (Wildman–Crippen LogP) is 2.69. The average molecular weight is 485 g/mol. The summed E-state index contributed by atoms with van der Waals surface area (Å²) in [4.78, 5) is 38.5. The number of hydrogen-bond donors (Lipinski definition) is 3. The lowest BCUT2D eigenvalue weighted by molar-refractivity contribution is -0.138. The lowest BCUT2D eigenvalue weighted by Crippen LogP contribution is -2.52. The average Bonchev–Trinajstić information content (AvgIpc) is 3.18. The molecule has 0 aromatic heterocycles. The number of fused-ring (bicyclic) bond motifs is 3. The van der Waals surface area contributed by atoms with Crippen LogP contribution in [0.1, 0.15) is 29.9 Å². The van der Waals surface area contributed by atoms with Crippen molar-refractivity contribution < 1.29 is 29.3 Å². The highest BCUT2D eigenvalue weighted by Crippen LogP contribution is 2.44. The molecule has 4 rings (SSSR count). The minimum absolute atomic E-state index is 0.0359. The zero-order valence-electron chi connectivity index (χ0n) is 18.7. The van der Waals surface area contributed by atoms with Crippen LogP contribution < -0.4 is 5.32 Å². The fourth-order valence-corrected chi connectivity index (χ4v) is 5.61. The monoisotopic (exact) mass is 484 g/mol. The molecule has 0 bridgehead atoms. The molecule has 1 aliphatic carbocycles. The molecule has 1 fully saturated rings. The van der Waals surface area contributed by atoms with Crippen molar-refractivity contribution in [3.8, 4) is 11.1 Å². The number of benzene rings is 2. The SMILES string of the molecule is O=C(O)CCC(NC(=O)OCC1c2ccccc2-c2ccccc21)C(=O)N1CCSC(CO)C1. The number of carbonyl (C=O) groups excluding carboxylic acids is 2. The maximum Gasteiger partial charge on any atom is 0.407 e. The molecule has 34 heavy (non-hydrogen) atoms. The van der Waals surface area contributed by atoms with Crippen LogP contribution in [0.2, 0.25) is 0 Å². The molecule has 9 heteroatoms. The van der Waals surface area contributed by atoms with Crippen molar-refractivity contribution in [2.24, 2.45) is 0 Å². The van der Waals surface area contributed by atoms with Crippen LogP contribution in [0.15, 0.2) is 48.5 Å². The zero-order valence-corrected chi connectivity index (χ0v) is 19.5. The van der Waals surface area contributed by atoms with E-state index in [-0.39, 0.29) is 43.1 Å². The van der Waals surface area contributed by atoms with Crippen LogP contribution in [0.25, 0.3) is 11.1 Å². The second-order valence-corrected chi connectivity index (χ2v) is 9.82. The molecule has 8 nitrogen and oxygen atoms in total. The van der Waals surface area contributed by atoms with Crippen LogP contribution in [0.5, 0.6) is 0 Å². The normalized spacial score (nSPS) is 18.0. The Hall–Kier alpha value is -3.04. The highest BCUT2D eigenvalue weighted by molar-refractivity contribution is 8.00. The predicted molar refractivity (Wildman–Crippen MR) is 129 cm³/mol. The van der Waals surface area contributed by atoms with Crippen LogP contribution >= 0.6 is 11.8 Å². The molecule has 0 saturated carbocycles. The van der Waals surface area contributed by atoms with Crippen LogP contribution in [-0.4, -0.2) is 76.4 Å². The Morgan fingerprint density at radius 3 is 2.35 bits per heavy atom. The van der Waals surface area contributed by atoms with Crippen molar-refractivity contribution in [3.63, 3.8) is 0 Å². The molecule has 2 amide bonds. The standard InChI is InChI=1S/C25H28N2O6S/c28-14-16-13-27(11-12-34-16)24(31)22(9-10-23(29)30)26-25(32)33-15-21-19-7-3-1-5-17(19)18-6-2-4-8-20(18)21/h1-8,16,21-22,28H,9-15H2,(H,26,32)(H,29,30). The number of aliphatic carboxylic acids is 1. The third-order valence-corrected chi connectivity index (χ3v) is 7.42. The molecule has 2 aliphatic rings. The summed E-state index contributed by atoms with van der Waals surface area (Å²) in [6, 6.07) is 15.0. The number of aliphatic hydroxyl groups is 1. The summed E-state index contributed by atoms with van der Waals surface area (Å²) in [5.41, 5.74) is 4.39. The van der Waals surface area contributed by atoms with E-state index in [1.807, 2.05) is 48.5 Å². The van der Waals surface area contributed by atoms with Crippen LogP contribution in [-0.2, 0) is 14.3 Å². The Morgan fingerprint density at radius 2 is 1.74 bits per heavy atom. The number of nitrogens with one attached hydrogen (secondary N) is 1. The molecule has 1 heterocycles. The van der Waals surface area contributed by atoms with Gasteiger partial charge in [-0.05, 0) is 28.7 Å². The maximum atomic E-state index is 13.1. The first-order chi connectivity index (χ1) is 16.5. The fraction of sp³-hybridized carbons (Fsp3) is 0.400. The van der Waals surface area contributed by atoms with E-state index >= 15 is 0 Å². The molecule has 1 saturated heterocycles. The van der Waals surface area contributed by atoms with E-state index in [1.54, 1.807) is 16.7 Å². The molecular weight excluding hydrogens is 456 g/mol. The lowest BCUT2D eigenvalue weighted by Gasteiger charge is -2.34. The van der Waals surface area contributed by atoms with Gasteiger partial charge in [-0.2, -0.15) is 11.8 Å². The summed E-state index contributed by atoms with van der Waals surface area (Å²) >= 11 is 1.59. The second kappa shape index (κ2) is 10.9. The van der Waals surface area contributed by atoms with E-state index < -0.39 is 18.1 Å². The van der Waals surface area contributed by atoms with Crippen molar-refractivity contribution >= 4 is 29.7 Å². The van der Waals surface area contributed by atoms with E-state index in [9.17, 15) is 19.5 Å². The molecule has 2 atom stereocenters. The van der Waals surface area contributed by atoms with Gasteiger partial charge in [0.2, 0.25) is 5.91 Å². The van der Waals surface area contributed by atoms with Gasteiger partial charge < -0.3 is 25.2 Å². The Kier molecular flexibility index (Phi) is 7.74. The van der Waals surface area contributed by atoms with Crippen molar-refractivity contribution in [3.05, 3.63) is 59.7 Å². The van der Waals surface area contributed by atoms with Gasteiger partial charge in [-0.3, -0.25) is 9.59 Å². The van der Waals surface area contributed by atoms with Crippen molar-refractivity contribution in [1.82, 2.24) is 10.2 Å². The Labute approximate surface area is 202 Å². The van der Waals surface area contributed by atoms with E-state index in [0.29, 0.717) is 18.8 Å². The number of alkyl carbamates (subject to hydrolysis) is 1. The van der Waals surface area contributed by atoms with Crippen molar-refractivity contribution in [2.45, 2.75) is 30.1 Å². The number of aliphatic hydroxyl groups excluding tert-OH is 1. The van der Waals surface area contributed by atoms with E-state index in [2.05, 4.69) is 5.32 Å². The highest BCUT2D eigenvalue weighted by Gasteiger charge is 2.32. The van der Waals surface area contributed by atoms with Gasteiger partial charge in [0, 0.05) is 36.4 Å². The summed E-state index contributed by atoms with van der Waals surface area (Å²) in [7, 11) is 0. The smallest absolute Gasteiger partial charge is 0.407 e. The van der Waals surface area contributed by atoms with Gasteiger partial charge in [0.15, 0.2) is 0 Å². The minimum Gasteiger partial charge on any atom is -0.481 e. The Bertz CT molecular complexity index is 1020. The molecule has 2 aromatic rings. The van der Waals surface area contributed by atoms with Crippen LogP contribution in [0.4, 0.5) is 4.79 Å². The zero-order chi connectivity index (χ0) is 24.1. The summed E-state index contributed by atoms with van der Waals surface area (Å²) < 4.78 is 5.54. The molecule has 0 radical (unpaired) electrons. The third-order valence-electron chi connectivity index (χ3n) is 6.23. The van der Waals surface area contributed by atoms with Crippen LogP contribution in [0.3, 0.4) is 0 Å². The van der Waals surface area contributed by atoms with Gasteiger partial charge >= 0.3 is 12.1 Å². The summed E-state index contributed by atoms with van der Waals surface area (Å²) in [6.45, 7) is 0.895. The summed E-state index contributed by atoms with van der Waals surface area (Å²) in [5, 5.41) is 21.0. The van der Waals surface area contributed by atoms with Gasteiger partial charge in [0.1, 0.15) is 12.6 Å². The van der Waals surface area contributed by atoms with E-state index in [1.165, 1.54) is 0 Å². The quantitative estimate of drug-likeness (QED) is 0.528. The minimum atomic E-state index is -1.05. The Balaban J connectivity index is 1.42. The van der Waals surface area contributed by atoms with Crippen LogP contribution in [0, 0.1) is 0 Å². The molecule has 1 aliphatic heterocycles. The van der Waals surface area contributed by atoms with E-state index in [4.69, 9.17) is 9.84 Å². The van der Waals surface area contributed by atoms with Gasteiger partial charge in [-0.1, -0.05) is 48.5 Å². The van der Waals surface area contributed by atoms with Crippen molar-refractivity contribution in [1.29, 1.82) is 0 Å². The largest absolute Gasteiger partial charge is 0.481 e. The number of amides is 2. The molecule has 2 aromatic carbocycles. The van der Waals surface area contributed by atoms with Gasteiger partial charge in [0.25, 0.3) is 0 Å².